The summed E-state index contributed by atoms with van der Waals surface area (Å²) in [6.45, 7) is 0.739. The molecule has 2 aliphatic rings. The Balaban J connectivity index is 1.93. The van der Waals surface area contributed by atoms with Crippen LogP contribution in [0.4, 0.5) is 13.2 Å². The van der Waals surface area contributed by atoms with E-state index in [4.69, 9.17) is 5.11 Å². The van der Waals surface area contributed by atoms with E-state index in [1.165, 1.54) is 0 Å². The predicted octanol–water partition coefficient (Wildman–Crippen LogP) is 2.13. The Morgan fingerprint density at radius 1 is 1.07 bits per heavy atom. The molecule has 1 aliphatic heterocycles. The van der Waals surface area contributed by atoms with Crippen molar-refractivity contribution in [3.8, 4) is 0 Å². The summed E-state index contributed by atoms with van der Waals surface area (Å²) in [5, 5.41) is 9.13. The fourth-order valence-electron chi connectivity index (χ4n) is 2.40. The van der Waals surface area contributed by atoms with Crippen LogP contribution in [-0.4, -0.2) is 35.5 Å². The second-order valence-electron chi connectivity index (χ2n) is 4.80. The van der Waals surface area contributed by atoms with Gasteiger partial charge in [-0.1, -0.05) is 0 Å². The normalized spacial score (nSPS) is 28.8. The van der Waals surface area contributed by atoms with Gasteiger partial charge in [-0.05, 0) is 37.5 Å². The van der Waals surface area contributed by atoms with Gasteiger partial charge < -0.3 is 5.11 Å². The number of nitrogens with zero attached hydrogens (tertiary/aromatic N) is 1. The Morgan fingerprint density at radius 3 is 2.27 bits per heavy atom. The molecule has 2 fully saturated rings. The van der Waals surface area contributed by atoms with Gasteiger partial charge in [-0.2, -0.15) is 13.2 Å². The molecule has 1 saturated heterocycles. The quantitative estimate of drug-likeness (QED) is 0.736. The Hall–Kier alpha value is -0.290. The Kier molecular flexibility index (Phi) is 2.71. The van der Waals surface area contributed by atoms with Gasteiger partial charge in [-0.15, -0.1) is 0 Å². The van der Waals surface area contributed by atoms with Crippen molar-refractivity contribution >= 4 is 0 Å². The molecular formula is C10H16F3NO. The Bertz CT molecular complexity index is 237. The fourth-order valence-corrected chi connectivity index (χ4v) is 2.40. The van der Waals surface area contributed by atoms with Crippen molar-refractivity contribution in [2.24, 2.45) is 5.41 Å². The molecule has 1 heterocycles. The van der Waals surface area contributed by atoms with Crippen LogP contribution in [0.1, 0.15) is 32.1 Å². The van der Waals surface area contributed by atoms with Gasteiger partial charge >= 0.3 is 6.18 Å². The van der Waals surface area contributed by atoms with E-state index >= 15 is 0 Å². The predicted molar refractivity (Wildman–Crippen MR) is 49.2 cm³/mol. The first-order chi connectivity index (χ1) is 6.93. The van der Waals surface area contributed by atoms with Crippen LogP contribution in [-0.2, 0) is 0 Å². The minimum absolute atomic E-state index is 0.333. The maximum Gasteiger partial charge on any atom is 0.428 e. The maximum absolute atomic E-state index is 12.3. The molecule has 0 aromatic rings. The van der Waals surface area contributed by atoms with Crippen molar-refractivity contribution in [3.05, 3.63) is 0 Å². The van der Waals surface area contributed by atoms with Crippen LogP contribution in [0.5, 0.6) is 0 Å². The third-order valence-corrected chi connectivity index (χ3v) is 3.68. The zero-order chi connectivity index (χ0) is 11.1. The molecular weight excluding hydrogens is 207 g/mol. The third kappa shape index (κ3) is 2.45. The van der Waals surface area contributed by atoms with Crippen molar-refractivity contribution in [2.75, 3.05) is 13.1 Å². The minimum atomic E-state index is -4.51. The molecule has 1 aliphatic carbocycles. The van der Waals surface area contributed by atoms with Crippen LogP contribution in [0.2, 0.25) is 0 Å². The molecule has 0 amide bonds. The highest BCUT2D eigenvalue weighted by molar-refractivity contribution is 4.95. The molecule has 5 heteroatoms. The number of alkyl halides is 3. The Labute approximate surface area is 87.1 Å². The van der Waals surface area contributed by atoms with Crippen LogP contribution in [0.3, 0.4) is 0 Å². The lowest BCUT2D eigenvalue weighted by molar-refractivity contribution is -0.249. The van der Waals surface area contributed by atoms with Crippen LogP contribution >= 0.6 is 0 Å². The van der Waals surface area contributed by atoms with Crippen LogP contribution < -0.4 is 0 Å². The summed E-state index contributed by atoms with van der Waals surface area (Å²) >= 11 is 0. The summed E-state index contributed by atoms with van der Waals surface area (Å²) in [5.74, 6) is 0. The average molecular weight is 223 g/mol. The van der Waals surface area contributed by atoms with Crippen LogP contribution in [0, 0.1) is 5.41 Å². The number of halogens is 3. The van der Waals surface area contributed by atoms with E-state index in [9.17, 15) is 13.2 Å². The maximum atomic E-state index is 12.3. The molecule has 88 valence electrons. The summed E-state index contributed by atoms with van der Waals surface area (Å²) < 4.78 is 36.8. The summed E-state index contributed by atoms with van der Waals surface area (Å²) in [6.07, 6.45) is -1.87. The Morgan fingerprint density at radius 2 is 1.73 bits per heavy atom. The van der Waals surface area contributed by atoms with Crippen molar-refractivity contribution < 1.29 is 18.3 Å². The molecule has 2 nitrogen and oxygen atoms in total. The second kappa shape index (κ2) is 3.63. The number of hydrogen-bond acceptors (Lipinski definition) is 2. The topological polar surface area (TPSA) is 23.5 Å². The molecule has 0 aromatic carbocycles. The molecule has 0 aromatic heterocycles. The fraction of sp³-hybridized carbons (Fsp3) is 1.00. The smallest absolute Gasteiger partial charge is 0.370 e. The summed E-state index contributed by atoms with van der Waals surface area (Å²) in [7, 11) is 0. The molecule has 1 atom stereocenters. The SMILES string of the molecule is OC(N1CCCC2(CC1)CC2)C(F)(F)F. The van der Waals surface area contributed by atoms with Gasteiger partial charge in [0, 0.05) is 13.1 Å². The van der Waals surface area contributed by atoms with E-state index in [-0.39, 0.29) is 0 Å². The summed E-state index contributed by atoms with van der Waals surface area (Å²) in [4.78, 5) is 1.16. The number of aliphatic hydroxyl groups excluding tert-OH is 1. The van der Waals surface area contributed by atoms with E-state index in [1.807, 2.05) is 0 Å². The highest BCUT2D eigenvalue weighted by Gasteiger charge is 2.47. The van der Waals surface area contributed by atoms with Gasteiger partial charge in [0.15, 0.2) is 0 Å². The summed E-state index contributed by atoms with van der Waals surface area (Å²) in [5.41, 5.74) is 0.333. The zero-order valence-electron chi connectivity index (χ0n) is 8.56. The van der Waals surface area contributed by atoms with Gasteiger partial charge in [-0.3, -0.25) is 4.90 Å². The van der Waals surface area contributed by atoms with Crippen LogP contribution in [0.15, 0.2) is 0 Å². The summed E-state index contributed by atoms with van der Waals surface area (Å²) in [6, 6.07) is 0. The molecule has 1 unspecified atom stereocenters. The minimum Gasteiger partial charge on any atom is -0.370 e. The number of rotatable bonds is 1. The van der Waals surface area contributed by atoms with E-state index < -0.39 is 12.4 Å². The molecule has 1 saturated carbocycles. The van der Waals surface area contributed by atoms with E-state index in [0.717, 1.165) is 37.0 Å². The number of aliphatic hydroxyl groups is 1. The second-order valence-corrected chi connectivity index (χ2v) is 4.80. The van der Waals surface area contributed by atoms with Crippen LogP contribution in [0.25, 0.3) is 0 Å². The molecule has 15 heavy (non-hydrogen) atoms. The third-order valence-electron chi connectivity index (χ3n) is 3.68. The van der Waals surface area contributed by atoms with E-state index in [0.29, 0.717) is 18.5 Å². The number of hydrogen-bond donors (Lipinski definition) is 1. The van der Waals surface area contributed by atoms with Crippen molar-refractivity contribution in [1.82, 2.24) is 4.90 Å². The first kappa shape index (κ1) is 11.2. The lowest BCUT2D eigenvalue weighted by Crippen LogP contribution is -2.46. The lowest BCUT2D eigenvalue weighted by atomic mass is 9.98. The lowest BCUT2D eigenvalue weighted by Gasteiger charge is -2.27. The van der Waals surface area contributed by atoms with Gasteiger partial charge in [0.25, 0.3) is 0 Å². The zero-order valence-corrected chi connectivity index (χ0v) is 8.56. The van der Waals surface area contributed by atoms with E-state index in [2.05, 4.69) is 0 Å². The van der Waals surface area contributed by atoms with Gasteiger partial charge in [0.1, 0.15) is 0 Å². The van der Waals surface area contributed by atoms with E-state index in [1.54, 1.807) is 0 Å². The molecule has 1 N–H and O–H groups in total. The highest BCUT2D eigenvalue weighted by Crippen LogP contribution is 2.53. The van der Waals surface area contributed by atoms with Gasteiger partial charge in [0.05, 0.1) is 0 Å². The largest absolute Gasteiger partial charge is 0.428 e. The van der Waals surface area contributed by atoms with Crippen molar-refractivity contribution in [1.29, 1.82) is 0 Å². The molecule has 0 radical (unpaired) electrons. The first-order valence-electron chi connectivity index (χ1n) is 5.42. The molecule has 1 spiro atoms. The van der Waals surface area contributed by atoms with Crippen molar-refractivity contribution in [2.45, 2.75) is 44.5 Å². The highest BCUT2D eigenvalue weighted by atomic mass is 19.4. The standard InChI is InChI=1S/C10H16F3NO/c11-10(12,13)8(15)14-6-1-2-9(3-4-9)5-7-14/h8,15H,1-7H2. The van der Waals surface area contributed by atoms with Gasteiger partial charge in [-0.25, -0.2) is 0 Å². The van der Waals surface area contributed by atoms with Gasteiger partial charge in [0.2, 0.25) is 6.23 Å². The first-order valence-corrected chi connectivity index (χ1v) is 5.42. The average Bonchev–Trinajstić information content (AvgIpc) is 2.92. The molecule has 0 bridgehead atoms. The number of likely N-dealkylation sites (tertiary alicyclic amines) is 1. The molecule has 2 rings (SSSR count). The monoisotopic (exact) mass is 223 g/mol. The van der Waals surface area contributed by atoms with Crippen molar-refractivity contribution in [3.63, 3.8) is 0 Å².